The van der Waals surface area contributed by atoms with E-state index in [-0.39, 0.29) is 18.5 Å². The van der Waals surface area contributed by atoms with Crippen molar-refractivity contribution in [2.24, 2.45) is 0 Å². The minimum absolute atomic E-state index is 0.121. The second-order valence-electron chi connectivity index (χ2n) is 6.52. The van der Waals surface area contributed by atoms with Gasteiger partial charge in [-0.05, 0) is 44.4 Å². The average Bonchev–Trinajstić information content (AvgIpc) is 3.11. The van der Waals surface area contributed by atoms with Crippen molar-refractivity contribution in [1.29, 1.82) is 0 Å². The Morgan fingerprint density at radius 2 is 1.92 bits per heavy atom. The number of hydrogen-bond donors (Lipinski definition) is 0. The van der Waals surface area contributed by atoms with Gasteiger partial charge >= 0.3 is 5.97 Å². The number of hydrogen-bond acceptors (Lipinski definition) is 5. The van der Waals surface area contributed by atoms with Gasteiger partial charge in [-0.2, -0.15) is 0 Å². The van der Waals surface area contributed by atoms with Gasteiger partial charge in [-0.1, -0.05) is 11.6 Å². The van der Waals surface area contributed by atoms with Crippen LogP contribution < -0.4 is 9.47 Å². The lowest BCUT2D eigenvalue weighted by atomic mass is 10.1. The molecule has 1 atom stereocenters. The van der Waals surface area contributed by atoms with Crippen LogP contribution in [0.4, 0.5) is 0 Å². The van der Waals surface area contributed by atoms with E-state index in [0.29, 0.717) is 30.9 Å². The van der Waals surface area contributed by atoms with Crippen LogP contribution in [0.5, 0.6) is 11.5 Å². The molecule has 0 aliphatic carbocycles. The van der Waals surface area contributed by atoms with Crippen molar-refractivity contribution in [1.82, 2.24) is 4.90 Å². The Kier molecular flexibility index (Phi) is 7.06. The fourth-order valence-corrected chi connectivity index (χ4v) is 3.01. The van der Waals surface area contributed by atoms with Crippen LogP contribution >= 0.6 is 0 Å². The van der Waals surface area contributed by atoms with Gasteiger partial charge in [0, 0.05) is 19.0 Å². The lowest BCUT2D eigenvalue weighted by Crippen LogP contribution is -2.40. The lowest BCUT2D eigenvalue weighted by Gasteiger charge is -2.22. The molecule has 0 aromatic heterocycles. The summed E-state index contributed by atoms with van der Waals surface area (Å²) in [6, 6.07) is 5.12. The highest BCUT2D eigenvalue weighted by molar-refractivity contribution is 5.92. The molecule has 1 aliphatic rings. The number of methoxy groups -OCH3 is 2. The molecule has 26 heavy (non-hydrogen) atoms. The SMILES string of the molecule is COc1ccc(CCOC(=O)[C@@H]2CCCN2C(=O)C=C(C)C)cc1OC. The van der Waals surface area contributed by atoms with Gasteiger partial charge in [0.1, 0.15) is 6.04 Å². The molecule has 1 aromatic carbocycles. The quantitative estimate of drug-likeness (QED) is 0.552. The second-order valence-corrected chi connectivity index (χ2v) is 6.52. The number of carbonyl (C=O) groups is 2. The molecule has 1 aliphatic heterocycles. The lowest BCUT2D eigenvalue weighted by molar-refractivity contribution is -0.152. The van der Waals surface area contributed by atoms with Crippen molar-refractivity contribution in [3.05, 3.63) is 35.4 Å². The molecule has 0 saturated carbocycles. The molecule has 2 rings (SSSR count). The molecule has 0 radical (unpaired) electrons. The molecular weight excluding hydrogens is 334 g/mol. The zero-order valence-electron chi connectivity index (χ0n) is 15.9. The summed E-state index contributed by atoms with van der Waals surface area (Å²) in [7, 11) is 3.17. The summed E-state index contributed by atoms with van der Waals surface area (Å²) >= 11 is 0. The number of esters is 1. The standard InChI is InChI=1S/C20H27NO5/c1-14(2)12-19(22)21-10-5-6-16(21)20(23)26-11-9-15-7-8-17(24-3)18(13-15)25-4/h7-8,12-13,16H,5-6,9-11H2,1-4H3/t16-/m0/s1. The number of amides is 1. The second kappa shape index (κ2) is 9.27. The summed E-state index contributed by atoms with van der Waals surface area (Å²) in [4.78, 5) is 26.2. The summed E-state index contributed by atoms with van der Waals surface area (Å²) in [6.45, 7) is 4.59. The molecule has 6 heteroatoms. The Balaban J connectivity index is 1.90. The van der Waals surface area contributed by atoms with E-state index < -0.39 is 6.04 Å². The molecule has 1 saturated heterocycles. The maximum atomic E-state index is 12.4. The molecule has 0 unspecified atom stereocenters. The van der Waals surface area contributed by atoms with Crippen molar-refractivity contribution in [2.75, 3.05) is 27.4 Å². The van der Waals surface area contributed by atoms with Gasteiger partial charge in [-0.25, -0.2) is 4.79 Å². The number of nitrogens with zero attached hydrogens (tertiary/aromatic N) is 1. The number of benzene rings is 1. The van der Waals surface area contributed by atoms with Gasteiger partial charge in [0.15, 0.2) is 11.5 Å². The number of ether oxygens (including phenoxy) is 3. The van der Waals surface area contributed by atoms with E-state index in [0.717, 1.165) is 17.6 Å². The summed E-state index contributed by atoms with van der Waals surface area (Å²) in [6.07, 6.45) is 3.60. The topological polar surface area (TPSA) is 65.1 Å². The minimum Gasteiger partial charge on any atom is -0.493 e. The number of likely N-dealkylation sites (tertiary alicyclic amines) is 1. The Bertz CT molecular complexity index is 679. The Morgan fingerprint density at radius 3 is 2.58 bits per heavy atom. The first-order valence-electron chi connectivity index (χ1n) is 8.79. The van der Waals surface area contributed by atoms with E-state index >= 15 is 0 Å². The third-order valence-electron chi connectivity index (χ3n) is 4.30. The normalized spacial score (nSPS) is 16.2. The van der Waals surface area contributed by atoms with Crippen molar-refractivity contribution in [3.63, 3.8) is 0 Å². The van der Waals surface area contributed by atoms with Gasteiger partial charge in [-0.3, -0.25) is 4.79 Å². The van der Waals surface area contributed by atoms with Crippen molar-refractivity contribution >= 4 is 11.9 Å². The van der Waals surface area contributed by atoms with E-state index in [1.165, 1.54) is 0 Å². The molecule has 0 N–H and O–H groups in total. The van der Waals surface area contributed by atoms with Crippen LogP contribution in [-0.2, 0) is 20.7 Å². The number of allylic oxidation sites excluding steroid dienone is 1. The van der Waals surface area contributed by atoms with Gasteiger partial charge in [0.2, 0.25) is 5.91 Å². The molecule has 0 spiro atoms. The van der Waals surface area contributed by atoms with Crippen LogP contribution in [-0.4, -0.2) is 50.2 Å². The highest BCUT2D eigenvalue weighted by Crippen LogP contribution is 2.27. The van der Waals surface area contributed by atoms with E-state index in [1.54, 1.807) is 25.2 Å². The third-order valence-corrected chi connectivity index (χ3v) is 4.30. The monoisotopic (exact) mass is 361 g/mol. The highest BCUT2D eigenvalue weighted by Gasteiger charge is 2.34. The molecule has 6 nitrogen and oxygen atoms in total. The first-order chi connectivity index (χ1) is 12.5. The molecule has 142 valence electrons. The van der Waals surface area contributed by atoms with Gasteiger partial charge < -0.3 is 19.1 Å². The summed E-state index contributed by atoms with van der Waals surface area (Å²) in [5.41, 5.74) is 1.90. The predicted octanol–water partition coefficient (Wildman–Crippen LogP) is 2.75. The van der Waals surface area contributed by atoms with E-state index in [2.05, 4.69) is 0 Å². The van der Waals surface area contributed by atoms with Crippen molar-refractivity contribution in [2.45, 2.75) is 39.2 Å². The molecule has 1 aromatic rings. The molecule has 1 heterocycles. The summed E-state index contributed by atoms with van der Waals surface area (Å²) < 4.78 is 15.9. The average molecular weight is 361 g/mol. The smallest absolute Gasteiger partial charge is 0.328 e. The zero-order valence-corrected chi connectivity index (χ0v) is 15.9. The van der Waals surface area contributed by atoms with Gasteiger partial charge in [-0.15, -0.1) is 0 Å². The van der Waals surface area contributed by atoms with Crippen LogP contribution in [0.15, 0.2) is 29.8 Å². The summed E-state index contributed by atoms with van der Waals surface area (Å²) in [5.74, 6) is 0.848. The first-order valence-corrected chi connectivity index (χ1v) is 8.79. The van der Waals surface area contributed by atoms with Crippen molar-refractivity contribution in [3.8, 4) is 11.5 Å². The van der Waals surface area contributed by atoms with E-state index in [9.17, 15) is 9.59 Å². The largest absolute Gasteiger partial charge is 0.493 e. The van der Waals surface area contributed by atoms with Crippen LogP contribution in [0.3, 0.4) is 0 Å². The Morgan fingerprint density at radius 1 is 1.19 bits per heavy atom. The Hall–Kier alpha value is -2.50. The van der Waals surface area contributed by atoms with Crippen LogP contribution in [0, 0.1) is 0 Å². The maximum Gasteiger partial charge on any atom is 0.328 e. The maximum absolute atomic E-state index is 12.4. The van der Waals surface area contributed by atoms with Gasteiger partial charge in [0.05, 0.1) is 20.8 Å². The zero-order chi connectivity index (χ0) is 19.1. The van der Waals surface area contributed by atoms with Gasteiger partial charge in [0.25, 0.3) is 0 Å². The first kappa shape index (κ1) is 19.8. The fourth-order valence-electron chi connectivity index (χ4n) is 3.01. The van der Waals surface area contributed by atoms with E-state index in [1.807, 2.05) is 32.0 Å². The van der Waals surface area contributed by atoms with Crippen molar-refractivity contribution < 1.29 is 23.8 Å². The van der Waals surface area contributed by atoms with E-state index in [4.69, 9.17) is 14.2 Å². The molecule has 1 fully saturated rings. The fraction of sp³-hybridized carbons (Fsp3) is 0.500. The number of rotatable bonds is 7. The third kappa shape index (κ3) is 5.00. The predicted molar refractivity (Wildman–Crippen MR) is 98.4 cm³/mol. The number of carbonyl (C=O) groups excluding carboxylic acids is 2. The summed E-state index contributed by atoms with van der Waals surface area (Å²) in [5, 5.41) is 0. The van der Waals surface area contributed by atoms with Crippen LogP contribution in [0.2, 0.25) is 0 Å². The highest BCUT2D eigenvalue weighted by atomic mass is 16.5. The van der Waals surface area contributed by atoms with Crippen LogP contribution in [0.25, 0.3) is 0 Å². The molecular formula is C20H27NO5. The van der Waals surface area contributed by atoms with Crippen LogP contribution in [0.1, 0.15) is 32.3 Å². The molecule has 1 amide bonds. The Labute approximate surface area is 154 Å². The molecule has 0 bridgehead atoms. The minimum atomic E-state index is -0.483.